The highest BCUT2D eigenvalue weighted by atomic mass is 35.5. The number of carbonyl (C=O) groups excluding carboxylic acids is 2. The fourth-order valence-corrected chi connectivity index (χ4v) is 2.09. The van der Waals surface area contributed by atoms with Gasteiger partial charge in [-0.3, -0.25) is 9.59 Å². The highest BCUT2D eigenvalue weighted by Gasteiger charge is 2.07. The quantitative estimate of drug-likeness (QED) is 0.643. The van der Waals surface area contributed by atoms with Crippen molar-refractivity contribution in [3.05, 3.63) is 69.7 Å². The first-order chi connectivity index (χ1) is 11.0. The third kappa shape index (κ3) is 5.73. The van der Waals surface area contributed by atoms with Crippen molar-refractivity contribution < 1.29 is 9.59 Å². The van der Waals surface area contributed by atoms with Crippen LogP contribution >= 0.6 is 23.2 Å². The zero-order valence-corrected chi connectivity index (χ0v) is 13.4. The molecule has 5 nitrogen and oxygen atoms in total. The van der Waals surface area contributed by atoms with Crippen molar-refractivity contribution >= 4 is 41.2 Å². The number of nitrogens with zero attached hydrogens (tertiary/aromatic N) is 1. The molecule has 0 spiro atoms. The Bertz CT molecular complexity index is 748. The van der Waals surface area contributed by atoms with E-state index in [1.165, 1.54) is 12.3 Å². The molecule has 0 aliphatic carbocycles. The van der Waals surface area contributed by atoms with Crippen molar-refractivity contribution in [3.63, 3.8) is 0 Å². The highest BCUT2D eigenvalue weighted by Crippen LogP contribution is 2.10. The standard InChI is InChI=1S/C16H13Cl2N3O2/c17-13-5-1-3-11(7-13)9-20-21-15(22)10-19-16(23)12-4-2-6-14(18)8-12/h1-9H,10H2,(H,19,23)(H,21,22). The first kappa shape index (κ1) is 17.0. The molecule has 0 atom stereocenters. The predicted octanol–water partition coefficient (Wildman–Crippen LogP) is 2.87. The molecule has 0 fully saturated rings. The molecule has 2 aromatic rings. The zero-order valence-electron chi connectivity index (χ0n) is 11.9. The second kappa shape index (κ2) is 8.31. The van der Waals surface area contributed by atoms with Crippen molar-refractivity contribution in [1.82, 2.24) is 10.7 Å². The van der Waals surface area contributed by atoms with Gasteiger partial charge in [-0.1, -0.05) is 41.4 Å². The lowest BCUT2D eigenvalue weighted by Gasteiger charge is -2.04. The molecule has 0 saturated heterocycles. The van der Waals surface area contributed by atoms with E-state index in [9.17, 15) is 9.59 Å². The van der Waals surface area contributed by atoms with Crippen LogP contribution in [0.25, 0.3) is 0 Å². The zero-order chi connectivity index (χ0) is 16.7. The fraction of sp³-hybridized carbons (Fsp3) is 0.0625. The number of nitrogens with one attached hydrogen (secondary N) is 2. The smallest absolute Gasteiger partial charge is 0.259 e. The van der Waals surface area contributed by atoms with Crippen LogP contribution in [-0.4, -0.2) is 24.6 Å². The molecule has 7 heteroatoms. The lowest BCUT2D eigenvalue weighted by molar-refractivity contribution is -0.120. The van der Waals surface area contributed by atoms with Crippen molar-refractivity contribution in [2.75, 3.05) is 6.54 Å². The van der Waals surface area contributed by atoms with E-state index in [2.05, 4.69) is 15.8 Å². The summed E-state index contributed by atoms with van der Waals surface area (Å²) in [6, 6.07) is 13.5. The highest BCUT2D eigenvalue weighted by molar-refractivity contribution is 6.31. The Labute approximate surface area is 143 Å². The number of benzene rings is 2. The van der Waals surface area contributed by atoms with Gasteiger partial charge in [-0.05, 0) is 35.9 Å². The summed E-state index contributed by atoms with van der Waals surface area (Å²) in [5.41, 5.74) is 3.45. The molecule has 0 aromatic heterocycles. The van der Waals surface area contributed by atoms with Gasteiger partial charge in [0.2, 0.25) is 0 Å². The van der Waals surface area contributed by atoms with Crippen LogP contribution in [0.2, 0.25) is 10.0 Å². The Morgan fingerprint density at radius 1 is 1.04 bits per heavy atom. The SMILES string of the molecule is O=C(CNC(=O)c1cccc(Cl)c1)NN=Cc1cccc(Cl)c1. The summed E-state index contributed by atoms with van der Waals surface area (Å²) in [4.78, 5) is 23.4. The van der Waals surface area contributed by atoms with Crippen molar-refractivity contribution in [2.45, 2.75) is 0 Å². The molecular formula is C16H13Cl2N3O2. The summed E-state index contributed by atoms with van der Waals surface area (Å²) in [5.74, 6) is -0.833. The van der Waals surface area contributed by atoms with Gasteiger partial charge in [-0.2, -0.15) is 5.10 Å². The van der Waals surface area contributed by atoms with Gasteiger partial charge in [0, 0.05) is 15.6 Å². The lowest BCUT2D eigenvalue weighted by atomic mass is 10.2. The molecule has 0 saturated carbocycles. The number of hydrazone groups is 1. The number of halogens is 2. The molecule has 0 bridgehead atoms. The van der Waals surface area contributed by atoms with Crippen LogP contribution < -0.4 is 10.7 Å². The molecule has 2 rings (SSSR count). The van der Waals surface area contributed by atoms with Crippen LogP contribution in [0.4, 0.5) is 0 Å². The third-order valence-electron chi connectivity index (χ3n) is 2.75. The normalized spacial score (nSPS) is 10.5. The van der Waals surface area contributed by atoms with E-state index in [0.717, 1.165) is 5.56 Å². The van der Waals surface area contributed by atoms with Gasteiger partial charge in [0.05, 0.1) is 12.8 Å². The van der Waals surface area contributed by atoms with E-state index in [1.54, 1.807) is 42.5 Å². The van der Waals surface area contributed by atoms with Crippen LogP contribution in [0.5, 0.6) is 0 Å². The summed E-state index contributed by atoms with van der Waals surface area (Å²) in [7, 11) is 0. The minimum Gasteiger partial charge on any atom is -0.343 e. The Hall–Kier alpha value is -2.37. The molecule has 118 valence electrons. The topological polar surface area (TPSA) is 70.6 Å². The molecule has 0 aliphatic heterocycles. The van der Waals surface area contributed by atoms with Crippen molar-refractivity contribution in [3.8, 4) is 0 Å². The molecule has 0 radical (unpaired) electrons. The summed E-state index contributed by atoms with van der Waals surface area (Å²) in [6.45, 7) is -0.196. The van der Waals surface area contributed by atoms with E-state index >= 15 is 0 Å². The first-order valence-electron chi connectivity index (χ1n) is 6.66. The monoisotopic (exact) mass is 349 g/mol. The molecule has 0 aliphatic rings. The van der Waals surface area contributed by atoms with E-state index < -0.39 is 5.91 Å². The number of hydrogen-bond donors (Lipinski definition) is 2. The molecular weight excluding hydrogens is 337 g/mol. The maximum absolute atomic E-state index is 11.8. The predicted molar refractivity (Wildman–Crippen MR) is 91.0 cm³/mol. The van der Waals surface area contributed by atoms with Gasteiger partial charge in [0.15, 0.2) is 0 Å². The second-order valence-electron chi connectivity index (χ2n) is 4.54. The second-order valence-corrected chi connectivity index (χ2v) is 5.41. The number of hydrogen-bond acceptors (Lipinski definition) is 3. The van der Waals surface area contributed by atoms with E-state index in [0.29, 0.717) is 15.6 Å². The summed E-state index contributed by atoms with van der Waals surface area (Å²) >= 11 is 11.6. The Morgan fingerprint density at radius 3 is 2.43 bits per heavy atom. The van der Waals surface area contributed by atoms with Gasteiger partial charge in [0.1, 0.15) is 0 Å². The fourth-order valence-electron chi connectivity index (χ4n) is 1.70. The largest absolute Gasteiger partial charge is 0.343 e. The Kier molecular flexibility index (Phi) is 6.14. The lowest BCUT2D eigenvalue weighted by Crippen LogP contribution is -2.34. The molecule has 0 unspecified atom stereocenters. The minimum absolute atomic E-state index is 0.196. The average Bonchev–Trinajstić information content (AvgIpc) is 2.52. The average molecular weight is 350 g/mol. The summed E-state index contributed by atoms with van der Waals surface area (Å²) in [5, 5.41) is 7.30. The maximum atomic E-state index is 11.8. The molecule has 0 heterocycles. The van der Waals surface area contributed by atoms with E-state index in [1.807, 2.05) is 0 Å². The molecule has 23 heavy (non-hydrogen) atoms. The number of rotatable bonds is 5. The van der Waals surface area contributed by atoms with Crippen LogP contribution in [0.1, 0.15) is 15.9 Å². The van der Waals surface area contributed by atoms with Crippen molar-refractivity contribution in [2.24, 2.45) is 5.10 Å². The number of carbonyl (C=O) groups is 2. The van der Waals surface area contributed by atoms with Gasteiger partial charge < -0.3 is 5.32 Å². The first-order valence-corrected chi connectivity index (χ1v) is 7.41. The van der Waals surface area contributed by atoms with Crippen LogP contribution in [0.3, 0.4) is 0 Å². The van der Waals surface area contributed by atoms with Crippen molar-refractivity contribution in [1.29, 1.82) is 0 Å². The Morgan fingerprint density at radius 2 is 1.74 bits per heavy atom. The van der Waals surface area contributed by atoms with Gasteiger partial charge in [-0.15, -0.1) is 0 Å². The minimum atomic E-state index is -0.446. The van der Waals surface area contributed by atoms with Crippen LogP contribution in [0, 0.1) is 0 Å². The summed E-state index contributed by atoms with van der Waals surface area (Å²) in [6.07, 6.45) is 1.46. The van der Waals surface area contributed by atoms with E-state index in [4.69, 9.17) is 23.2 Å². The molecule has 2 amide bonds. The third-order valence-corrected chi connectivity index (χ3v) is 3.22. The summed E-state index contributed by atoms with van der Waals surface area (Å²) < 4.78 is 0. The van der Waals surface area contributed by atoms with Gasteiger partial charge >= 0.3 is 0 Å². The van der Waals surface area contributed by atoms with E-state index in [-0.39, 0.29) is 12.5 Å². The van der Waals surface area contributed by atoms with Crippen LogP contribution in [-0.2, 0) is 4.79 Å². The Balaban J connectivity index is 1.80. The van der Waals surface area contributed by atoms with Gasteiger partial charge in [0.25, 0.3) is 11.8 Å². The molecule has 2 aromatic carbocycles. The van der Waals surface area contributed by atoms with Gasteiger partial charge in [-0.25, -0.2) is 5.43 Å². The van der Waals surface area contributed by atoms with Crippen LogP contribution in [0.15, 0.2) is 53.6 Å². The molecule has 2 N–H and O–H groups in total. The number of amides is 2. The maximum Gasteiger partial charge on any atom is 0.259 e.